The lowest BCUT2D eigenvalue weighted by Crippen LogP contribution is -2.37. The monoisotopic (exact) mass is 365 g/mol. The highest BCUT2D eigenvalue weighted by molar-refractivity contribution is 6.43. The molecule has 1 unspecified atom stereocenters. The van der Waals surface area contributed by atoms with Gasteiger partial charge in [-0.15, -0.1) is 0 Å². The molecule has 24 heavy (non-hydrogen) atoms. The fourth-order valence-electron chi connectivity index (χ4n) is 2.87. The highest BCUT2D eigenvalue weighted by Gasteiger charge is 2.40. The van der Waals surface area contributed by atoms with Crippen molar-refractivity contribution in [2.24, 2.45) is 11.1 Å². The van der Waals surface area contributed by atoms with Gasteiger partial charge in [0.05, 0.1) is 16.7 Å². The molecular formula is C18H17Cl2NO3. The molecule has 2 aromatic rings. The molecule has 126 valence electrons. The Kier molecular flexibility index (Phi) is 4.37. The molecule has 2 aromatic carbocycles. The van der Waals surface area contributed by atoms with Crippen LogP contribution >= 0.6 is 23.2 Å². The van der Waals surface area contributed by atoms with Crippen LogP contribution < -0.4 is 10.5 Å². The average molecular weight is 366 g/mol. The number of hydrogen-bond donors (Lipinski definition) is 1. The smallest absolute Gasteiger partial charge is 0.405 e. The number of ether oxygens (including phenoxy) is 2. The van der Waals surface area contributed by atoms with E-state index in [-0.39, 0.29) is 5.41 Å². The molecule has 1 heterocycles. The summed E-state index contributed by atoms with van der Waals surface area (Å²) in [4.78, 5) is 11.3. The minimum absolute atomic E-state index is 0.378. The summed E-state index contributed by atoms with van der Waals surface area (Å²) in [5.74, 6) is 0.647. The molecule has 0 radical (unpaired) electrons. The first-order valence-electron chi connectivity index (χ1n) is 7.47. The maximum Gasteiger partial charge on any atom is 0.405 e. The second-order valence-corrected chi connectivity index (χ2v) is 7.23. The van der Waals surface area contributed by atoms with Crippen LogP contribution in [0.3, 0.4) is 0 Å². The predicted molar refractivity (Wildman–Crippen MR) is 94.6 cm³/mol. The number of rotatable bonds is 2. The Labute approximate surface area is 150 Å². The number of carbonyl (C=O) groups is 1. The zero-order valence-electron chi connectivity index (χ0n) is 13.3. The summed E-state index contributed by atoms with van der Waals surface area (Å²) in [6.45, 7) is 4.33. The van der Waals surface area contributed by atoms with E-state index in [9.17, 15) is 4.79 Å². The van der Waals surface area contributed by atoms with E-state index >= 15 is 0 Å². The molecule has 6 heteroatoms. The van der Waals surface area contributed by atoms with E-state index in [1.165, 1.54) is 0 Å². The van der Waals surface area contributed by atoms with Crippen LogP contribution in [0.1, 0.15) is 25.5 Å². The lowest BCUT2D eigenvalue weighted by molar-refractivity contribution is -0.0176. The van der Waals surface area contributed by atoms with Crippen LogP contribution in [0, 0.1) is 5.41 Å². The number of fused-ring (bicyclic) bond motifs is 1. The van der Waals surface area contributed by atoms with E-state index in [0.29, 0.717) is 22.4 Å². The van der Waals surface area contributed by atoms with Crippen LogP contribution in [0.15, 0.2) is 36.4 Å². The average Bonchev–Trinajstić information content (AvgIpc) is 2.52. The standard InChI is InChI=1S/C18H17Cl2NO3/c1-18(2)9-23-14-8-10(11-4-3-5-13(19)15(11)20)6-7-12(14)16(18)24-17(21)22/h3-8,16H,9H2,1-2H3,(H2,21,22). The first-order valence-corrected chi connectivity index (χ1v) is 8.22. The highest BCUT2D eigenvalue weighted by Crippen LogP contribution is 2.46. The molecule has 0 spiro atoms. The molecular weight excluding hydrogens is 349 g/mol. The Hall–Kier alpha value is -1.91. The fraction of sp³-hybridized carbons (Fsp3) is 0.278. The van der Waals surface area contributed by atoms with Crippen molar-refractivity contribution in [3.63, 3.8) is 0 Å². The first-order chi connectivity index (χ1) is 11.3. The molecule has 0 saturated carbocycles. The van der Waals surface area contributed by atoms with Crippen LogP contribution in [0.25, 0.3) is 11.1 Å². The number of carbonyl (C=O) groups excluding carboxylic acids is 1. The Morgan fingerprint density at radius 3 is 2.75 bits per heavy atom. The molecule has 1 atom stereocenters. The second kappa shape index (κ2) is 6.19. The van der Waals surface area contributed by atoms with E-state index in [2.05, 4.69) is 0 Å². The molecule has 2 N–H and O–H groups in total. The third-order valence-corrected chi connectivity index (χ3v) is 4.92. The van der Waals surface area contributed by atoms with Gasteiger partial charge in [-0.3, -0.25) is 0 Å². The zero-order chi connectivity index (χ0) is 17.5. The van der Waals surface area contributed by atoms with Crippen molar-refractivity contribution in [2.75, 3.05) is 6.61 Å². The molecule has 0 aliphatic carbocycles. The van der Waals surface area contributed by atoms with Gasteiger partial charge in [0.1, 0.15) is 11.9 Å². The quantitative estimate of drug-likeness (QED) is 0.793. The Bertz CT molecular complexity index is 805. The van der Waals surface area contributed by atoms with Crippen molar-refractivity contribution in [1.82, 2.24) is 0 Å². The highest BCUT2D eigenvalue weighted by atomic mass is 35.5. The molecule has 0 saturated heterocycles. The third kappa shape index (κ3) is 3.04. The molecule has 0 fully saturated rings. The second-order valence-electron chi connectivity index (χ2n) is 6.45. The van der Waals surface area contributed by atoms with Crippen LogP contribution in [0.2, 0.25) is 10.0 Å². The summed E-state index contributed by atoms with van der Waals surface area (Å²) in [5, 5.41) is 0.976. The maximum absolute atomic E-state index is 11.3. The Morgan fingerprint density at radius 2 is 2.04 bits per heavy atom. The van der Waals surface area contributed by atoms with Crippen molar-refractivity contribution < 1.29 is 14.3 Å². The minimum atomic E-state index is -0.803. The van der Waals surface area contributed by atoms with Gasteiger partial charge in [-0.2, -0.15) is 0 Å². The van der Waals surface area contributed by atoms with Gasteiger partial charge in [-0.25, -0.2) is 4.79 Å². The summed E-state index contributed by atoms with van der Waals surface area (Å²) in [6, 6.07) is 11.1. The number of hydrogen-bond acceptors (Lipinski definition) is 3. The van der Waals surface area contributed by atoms with Crippen LogP contribution in [0.4, 0.5) is 4.79 Å². The topological polar surface area (TPSA) is 61.6 Å². The largest absolute Gasteiger partial charge is 0.492 e. The number of nitrogens with two attached hydrogens (primary N) is 1. The zero-order valence-corrected chi connectivity index (χ0v) is 14.8. The predicted octanol–water partition coefficient (Wildman–Crippen LogP) is 5.22. The molecule has 1 aliphatic heterocycles. The van der Waals surface area contributed by atoms with Crippen LogP contribution in [0.5, 0.6) is 5.75 Å². The van der Waals surface area contributed by atoms with Crippen molar-refractivity contribution in [3.8, 4) is 16.9 Å². The lowest BCUT2D eigenvalue weighted by atomic mass is 9.80. The van der Waals surface area contributed by atoms with Gasteiger partial charge in [0.25, 0.3) is 0 Å². The molecule has 1 aliphatic rings. The number of benzene rings is 2. The number of primary amides is 1. The lowest BCUT2D eigenvalue weighted by Gasteiger charge is -2.38. The van der Waals surface area contributed by atoms with Gasteiger partial charge >= 0.3 is 6.09 Å². The number of amides is 1. The summed E-state index contributed by atoms with van der Waals surface area (Å²) in [7, 11) is 0. The molecule has 0 aromatic heterocycles. The van der Waals surface area contributed by atoms with Crippen molar-refractivity contribution in [1.29, 1.82) is 0 Å². The van der Waals surface area contributed by atoms with Crippen LogP contribution in [-0.2, 0) is 4.74 Å². The fourth-order valence-corrected chi connectivity index (χ4v) is 3.28. The summed E-state index contributed by atoms with van der Waals surface area (Å²) in [5.41, 5.74) is 7.32. The molecule has 0 bridgehead atoms. The van der Waals surface area contributed by atoms with Crippen molar-refractivity contribution >= 4 is 29.3 Å². The van der Waals surface area contributed by atoms with Gasteiger partial charge in [0.2, 0.25) is 0 Å². The third-order valence-electron chi connectivity index (χ3n) is 4.10. The van der Waals surface area contributed by atoms with Gasteiger partial charge in [-0.05, 0) is 17.7 Å². The summed E-state index contributed by atoms with van der Waals surface area (Å²) in [6.07, 6.45) is -1.27. The van der Waals surface area contributed by atoms with E-state index in [0.717, 1.165) is 16.7 Å². The van der Waals surface area contributed by atoms with E-state index in [1.54, 1.807) is 6.07 Å². The van der Waals surface area contributed by atoms with Gasteiger partial charge in [0.15, 0.2) is 0 Å². The van der Waals surface area contributed by atoms with Crippen molar-refractivity contribution in [2.45, 2.75) is 20.0 Å². The summed E-state index contributed by atoms with van der Waals surface area (Å²) >= 11 is 12.4. The summed E-state index contributed by atoms with van der Waals surface area (Å²) < 4.78 is 11.2. The first kappa shape index (κ1) is 16.9. The molecule has 4 nitrogen and oxygen atoms in total. The van der Waals surface area contributed by atoms with Crippen LogP contribution in [-0.4, -0.2) is 12.7 Å². The number of halogens is 2. The van der Waals surface area contributed by atoms with Gasteiger partial charge < -0.3 is 15.2 Å². The van der Waals surface area contributed by atoms with Crippen molar-refractivity contribution in [3.05, 3.63) is 52.0 Å². The van der Waals surface area contributed by atoms with E-state index in [4.69, 9.17) is 38.4 Å². The Morgan fingerprint density at radius 1 is 1.29 bits per heavy atom. The maximum atomic E-state index is 11.3. The SMILES string of the molecule is CC1(C)COc2cc(-c3cccc(Cl)c3Cl)ccc2C1OC(N)=O. The van der Waals surface area contributed by atoms with Gasteiger partial charge in [0, 0.05) is 16.5 Å². The molecule has 1 amide bonds. The minimum Gasteiger partial charge on any atom is -0.492 e. The Balaban J connectivity index is 2.06. The normalized spacial score (nSPS) is 18.4. The molecule has 3 rings (SSSR count). The van der Waals surface area contributed by atoms with E-state index in [1.807, 2.05) is 44.2 Å². The van der Waals surface area contributed by atoms with Gasteiger partial charge in [-0.1, -0.05) is 61.3 Å². The van der Waals surface area contributed by atoms with E-state index < -0.39 is 12.2 Å².